The maximum absolute atomic E-state index is 13.2. The third kappa shape index (κ3) is 1.86. The molecule has 1 aliphatic heterocycles. The first-order valence-corrected chi connectivity index (χ1v) is 6.34. The second-order valence-corrected chi connectivity index (χ2v) is 4.83. The number of benzene rings is 2. The van der Waals surface area contributed by atoms with Crippen LogP contribution in [-0.2, 0) is 0 Å². The van der Waals surface area contributed by atoms with Gasteiger partial charge in [-0.2, -0.15) is 0 Å². The van der Waals surface area contributed by atoms with Gasteiger partial charge in [0.25, 0.3) is 17.5 Å². The smallest absolute Gasteiger partial charge is 0.268 e. The molecule has 3 rings (SSSR count). The van der Waals surface area contributed by atoms with Gasteiger partial charge in [0.15, 0.2) is 0 Å². The highest BCUT2D eigenvalue weighted by Crippen LogP contribution is 2.35. The summed E-state index contributed by atoms with van der Waals surface area (Å²) in [4.78, 5) is 35.9. The lowest BCUT2D eigenvalue weighted by Gasteiger charge is -2.14. The van der Waals surface area contributed by atoms with Crippen molar-refractivity contribution in [1.82, 2.24) is 0 Å². The van der Waals surface area contributed by atoms with E-state index in [2.05, 4.69) is 0 Å². The molecule has 0 aromatic heterocycles. The van der Waals surface area contributed by atoms with E-state index in [1.54, 1.807) is 19.1 Å². The molecule has 1 heterocycles. The van der Waals surface area contributed by atoms with E-state index in [0.717, 1.165) is 17.0 Å². The minimum Gasteiger partial charge on any atom is -0.268 e. The number of fused-ring (bicyclic) bond motifs is 1. The van der Waals surface area contributed by atoms with Crippen molar-refractivity contribution in [3.05, 3.63) is 69.0 Å². The number of carbonyl (C=O) groups is 2. The molecular weight excluding hydrogens is 291 g/mol. The Labute approximate surface area is 123 Å². The quantitative estimate of drug-likeness (QED) is 0.485. The number of rotatable bonds is 2. The fourth-order valence-corrected chi connectivity index (χ4v) is 2.51. The Morgan fingerprint density at radius 1 is 1.14 bits per heavy atom. The summed E-state index contributed by atoms with van der Waals surface area (Å²) in [7, 11) is 0. The first-order valence-electron chi connectivity index (χ1n) is 6.34. The number of nitro groups is 1. The minimum atomic E-state index is -0.825. The van der Waals surface area contributed by atoms with Crippen molar-refractivity contribution in [2.75, 3.05) is 4.90 Å². The molecular formula is C15H9FN2O4. The van der Waals surface area contributed by atoms with Gasteiger partial charge in [-0.25, -0.2) is 9.29 Å². The van der Waals surface area contributed by atoms with Gasteiger partial charge in [0.05, 0.1) is 22.1 Å². The summed E-state index contributed by atoms with van der Waals surface area (Å²) in [5.41, 5.74) is 0.127. The van der Waals surface area contributed by atoms with Crippen LogP contribution in [0.5, 0.6) is 0 Å². The highest BCUT2D eigenvalue weighted by atomic mass is 19.1. The molecule has 0 aliphatic carbocycles. The van der Waals surface area contributed by atoms with Crippen molar-refractivity contribution >= 4 is 23.2 Å². The zero-order chi connectivity index (χ0) is 16.0. The lowest BCUT2D eigenvalue weighted by Crippen LogP contribution is -2.30. The summed E-state index contributed by atoms with van der Waals surface area (Å²) in [5, 5.41) is 11.1. The zero-order valence-electron chi connectivity index (χ0n) is 11.4. The normalized spacial score (nSPS) is 13.5. The Bertz CT molecular complexity index is 847. The number of hydrogen-bond donors (Lipinski definition) is 0. The Balaban J connectivity index is 2.20. The van der Waals surface area contributed by atoms with Crippen molar-refractivity contribution in [2.45, 2.75) is 6.92 Å². The third-order valence-corrected chi connectivity index (χ3v) is 3.50. The molecule has 0 fully saturated rings. The minimum absolute atomic E-state index is 0.184. The molecule has 110 valence electrons. The third-order valence-electron chi connectivity index (χ3n) is 3.50. The number of nitrogens with zero attached hydrogens (tertiary/aromatic N) is 2. The van der Waals surface area contributed by atoms with Crippen LogP contribution in [0.15, 0.2) is 36.4 Å². The van der Waals surface area contributed by atoms with Crippen LogP contribution in [0.2, 0.25) is 0 Å². The van der Waals surface area contributed by atoms with Crippen molar-refractivity contribution in [3.63, 3.8) is 0 Å². The summed E-state index contributed by atoms with van der Waals surface area (Å²) in [5.74, 6) is -2.12. The Morgan fingerprint density at radius 2 is 1.86 bits per heavy atom. The molecule has 7 heteroatoms. The monoisotopic (exact) mass is 300 g/mol. The number of nitro benzene ring substituents is 1. The van der Waals surface area contributed by atoms with Crippen molar-refractivity contribution in [2.24, 2.45) is 0 Å². The van der Waals surface area contributed by atoms with Gasteiger partial charge in [0, 0.05) is 0 Å². The highest BCUT2D eigenvalue weighted by Gasteiger charge is 2.40. The van der Waals surface area contributed by atoms with Gasteiger partial charge in [0.2, 0.25) is 0 Å². The highest BCUT2D eigenvalue weighted by molar-refractivity contribution is 6.35. The molecule has 22 heavy (non-hydrogen) atoms. The number of imide groups is 1. The van der Waals surface area contributed by atoms with E-state index in [9.17, 15) is 24.1 Å². The van der Waals surface area contributed by atoms with Gasteiger partial charge >= 0.3 is 0 Å². The summed E-state index contributed by atoms with van der Waals surface area (Å²) >= 11 is 0. The molecule has 6 nitrogen and oxygen atoms in total. The molecule has 0 saturated heterocycles. The van der Waals surface area contributed by atoms with Crippen LogP contribution in [0.25, 0.3) is 0 Å². The molecule has 2 aromatic carbocycles. The molecule has 0 saturated carbocycles. The SMILES string of the molecule is Cc1cccc2c1C(=O)N(c1ccc(F)cc1[N+](=O)[O-])C2=O. The lowest BCUT2D eigenvalue weighted by atomic mass is 10.0. The topological polar surface area (TPSA) is 80.5 Å². The molecule has 0 atom stereocenters. The number of halogens is 1. The predicted octanol–water partition coefficient (Wildman–Crippen LogP) is 2.84. The van der Waals surface area contributed by atoms with Gasteiger partial charge in [-0.15, -0.1) is 0 Å². The first kappa shape index (κ1) is 13.9. The van der Waals surface area contributed by atoms with E-state index in [4.69, 9.17) is 0 Å². The molecule has 0 spiro atoms. The number of amides is 2. The van der Waals surface area contributed by atoms with Crippen LogP contribution in [-0.4, -0.2) is 16.7 Å². The molecule has 2 amide bonds. The van der Waals surface area contributed by atoms with Crippen molar-refractivity contribution in [1.29, 1.82) is 0 Å². The number of anilines is 1. The first-order chi connectivity index (χ1) is 10.4. The summed E-state index contributed by atoms with van der Waals surface area (Å²) in [6, 6.07) is 7.50. The molecule has 0 radical (unpaired) electrons. The average Bonchev–Trinajstić information content (AvgIpc) is 2.72. The molecule has 2 aromatic rings. The average molecular weight is 300 g/mol. The number of hydrogen-bond acceptors (Lipinski definition) is 4. The van der Waals surface area contributed by atoms with Gasteiger partial charge in [-0.05, 0) is 30.7 Å². The van der Waals surface area contributed by atoms with Crippen LogP contribution in [0.4, 0.5) is 15.8 Å². The standard InChI is InChI=1S/C15H9FN2O4/c1-8-3-2-4-10-13(8)15(20)17(14(10)19)11-6-5-9(16)7-12(11)18(21)22/h2-7H,1H3. The Hall–Kier alpha value is -3.09. The van der Waals surface area contributed by atoms with Crippen LogP contribution in [0.1, 0.15) is 26.3 Å². The van der Waals surface area contributed by atoms with E-state index in [0.29, 0.717) is 11.6 Å². The molecule has 1 aliphatic rings. The van der Waals surface area contributed by atoms with Crippen LogP contribution >= 0.6 is 0 Å². The fourth-order valence-electron chi connectivity index (χ4n) is 2.51. The number of carbonyl (C=O) groups excluding carboxylic acids is 2. The summed E-state index contributed by atoms with van der Waals surface area (Å²) < 4.78 is 13.2. The summed E-state index contributed by atoms with van der Waals surface area (Å²) in [6.07, 6.45) is 0. The number of aryl methyl sites for hydroxylation is 1. The van der Waals surface area contributed by atoms with Crippen LogP contribution in [0, 0.1) is 22.9 Å². The maximum Gasteiger partial charge on any atom is 0.296 e. The summed E-state index contributed by atoms with van der Waals surface area (Å²) in [6.45, 7) is 1.67. The Kier molecular flexibility index (Phi) is 2.98. The second kappa shape index (κ2) is 4.73. The zero-order valence-corrected chi connectivity index (χ0v) is 11.4. The predicted molar refractivity (Wildman–Crippen MR) is 75.4 cm³/mol. The largest absolute Gasteiger partial charge is 0.296 e. The van der Waals surface area contributed by atoms with Crippen molar-refractivity contribution < 1.29 is 18.9 Å². The maximum atomic E-state index is 13.2. The van der Waals surface area contributed by atoms with E-state index in [-0.39, 0.29) is 16.8 Å². The van der Waals surface area contributed by atoms with Crippen molar-refractivity contribution in [3.8, 4) is 0 Å². The molecule has 0 N–H and O–H groups in total. The van der Waals surface area contributed by atoms with Crippen LogP contribution in [0.3, 0.4) is 0 Å². The molecule has 0 unspecified atom stereocenters. The van der Waals surface area contributed by atoms with Gasteiger partial charge in [0.1, 0.15) is 11.5 Å². The Morgan fingerprint density at radius 3 is 2.50 bits per heavy atom. The van der Waals surface area contributed by atoms with E-state index >= 15 is 0 Å². The van der Waals surface area contributed by atoms with E-state index < -0.39 is 28.2 Å². The molecule has 0 bridgehead atoms. The second-order valence-electron chi connectivity index (χ2n) is 4.83. The van der Waals surface area contributed by atoms with Gasteiger partial charge < -0.3 is 0 Å². The van der Waals surface area contributed by atoms with E-state index in [1.165, 1.54) is 6.07 Å². The van der Waals surface area contributed by atoms with E-state index in [1.807, 2.05) is 0 Å². The lowest BCUT2D eigenvalue weighted by molar-refractivity contribution is -0.384. The van der Waals surface area contributed by atoms with Crippen LogP contribution < -0.4 is 4.90 Å². The fraction of sp³-hybridized carbons (Fsp3) is 0.0667. The van der Waals surface area contributed by atoms with Gasteiger partial charge in [-0.1, -0.05) is 12.1 Å². The van der Waals surface area contributed by atoms with Gasteiger partial charge in [-0.3, -0.25) is 19.7 Å².